The van der Waals surface area contributed by atoms with E-state index in [2.05, 4.69) is 5.32 Å². The van der Waals surface area contributed by atoms with Crippen LogP contribution in [0.5, 0.6) is 11.5 Å². The molecule has 0 spiro atoms. The van der Waals surface area contributed by atoms with Crippen molar-refractivity contribution >= 4 is 24.0 Å². The van der Waals surface area contributed by atoms with E-state index < -0.39 is 5.41 Å². The third-order valence-corrected chi connectivity index (χ3v) is 2.73. The summed E-state index contributed by atoms with van der Waals surface area (Å²) in [6.07, 6.45) is 0. The SMILES string of the molecule is COc1cc(NC(=O)C(C)(C)CN)cc(OC)c1.Cl. The number of benzene rings is 1. The lowest BCUT2D eigenvalue weighted by Crippen LogP contribution is -2.37. The third-order valence-electron chi connectivity index (χ3n) is 2.73. The summed E-state index contributed by atoms with van der Waals surface area (Å²) in [6.45, 7) is 3.86. The Balaban J connectivity index is 0.00000324. The van der Waals surface area contributed by atoms with Gasteiger partial charge in [-0.25, -0.2) is 0 Å². The second kappa shape index (κ2) is 7.21. The fourth-order valence-electron chi connectivity index (χ4n) is 1.27. The van der Waals surface area contributed by atoms with Crippen LogP contribution in [-0.4, -0.2) is 26.7 Å². The molecule has 108 valence electrons. The quantitative estimate of drug-likeness (QED) is 0.870. The number of methoxy groups -OCH3 is 2. The van der Waals surface area contributed by atoms with Crippen molar-refractivity contribution in [3.63, 3.8) is 0 Å². The topological polar surface area (TPSA) is 73.6 Å². The molecule has 0 bridgehead atoms. The van der Waals surface area contributed by atoms with Crippen LogP contribution in [0.25, 0.3) is 0 Å². The number of carbonyl (C=O) groups excluding carboxylic acids is 1. The first-order chi connectivity index (χ1) is 8.42. The second-order valence-corrected chi connectivity index (χ2v) is 4.64. The average molecular weight is 289 g/mol. The predicted octanol–water partition coefficient (Wildman–Crippen LogP) is 2.05. The summed E-state index contributed by atoms with van der Waals surface area (Å²) in [5, 5.41) is 2.80. The molecule has 0 aliphatic rings. The molecule has 6 heteroatoms. The minimum atomic E-state index is -0.615. The molecule has 1 aromatic carbocycles. The van der Waals surface area contributed by atoms with Crippen molar-refractivity contribution in [1.82, 2.24) is 0 Å². The fourth-order valence-corrected chi connectivity index (χ4v) is 1.27. The summed E-state index contributed by atoms with van der Waals surface area (Å²) < 4.78 is 10.3. The zero-order valence-corrected chi connectivity index (χ0v) is 12.5. The Labute approximate surface area is 119 Å². The Bertz CT molecular complexity index is 414. The highest BCUT2D eigenvalue weighted by molar-refractivity contribution is 5.95. The number of halogens is 1. The van der Waals surface area contributed by atoms with Crippen molar-refractivity contribution < 1.29 is 14.3 Å². The van der Waals surface area contributed by atoms with Crippen LogP contribution in [0.1, 0.15) is 13.8 Å². The van der Waals surface area contributed by atoms with E-state index in [0.717, 1.165) is 0 Å². The summed E-state index contributed by atoms with van der Waals surface area (Å²) in [4.78, 5) is 12.0. The van der Waals surface area contributed by atoms with Gasteiger partial charge in [-0.05, 0) is 13.8 Å². The van der Waals surface area contributed by atoms with Crippen molar-refractivity contribution in [2.75, 3.05) is 26.1 Å². The first kappa shape index (κ1) is 17.5. The van der Waals surface area contributed by atoms with E-state index in [4.69, 9.17) is 15.2 Å². The molecule has 0 aromatic heterocycles. The van der Waals surface area contributed by atoms with Gasteiger partial charge in [0.05, 0.1) is 19.6 Å². The molecule has 3 N–H and O–H groups in total. The molecule has 0 heterocycles. The average Bonchev–Trinajstić information content (AvgIpc) is 2.37. The molecule has 0 unspecified atom stereocenters. The summed E-state index contributed by atoms with van der Waals surface area (Å²) in [6, 6.07) is 5.20. The molecule has 1 aromatic rings. The Kier molecular flexibility index (Phi) is 6.65. The van der Waals surface area contributed by atoms with Crippen LogP contribution >= 0.6 is 12.4 Å². The Morgan fingerprint density at radius 2 is 1.68 bits per heavy atom. The van der Waals surface area contributed by atoms with Gasteiger partial charge < -0.3 is 20.5 Å². The van der Waals surface area contributed by atoms with Crippen molar-refractivity contribution in [1.29, 1.82) is 0 Å². The summed E-state index contributed by atoms with van der Waals surface area (Å²) >= 11 is 0. The minimum absolute atomic E-state index is 0. The molecule has 0 aliphatic carbocycles. The number of nitrogens with two attached hydrogens (primary N) is 1. The summed E-state index contributed by atoms with van der Waals surface area (Å²) in [7, 11) is 3.12. The van der Waals surface area contributed by atoms with Crippen molar-refractivity contribution in [2.45, 2.75) is 13.8 Å². The number of carbonyl (C=O) groups is 1. The molecule has 0 fully saturated rings. The molecule has 0 atom stereocenters. The lowest BCUT2D eigenvalue weighted by Gasteiger charge is -2.21. The van der Waals surface area contributed by atoms with Gasteiger partial charge >= 0.3 is 0 Å². The molecule has 1 rings (SSSR count). The lowest BCUT2D eigenvalue weighted by atomic mass is 9.92. The normalized spacial score (nSPS) is 10.4. The predicted molar refractivity (Wildman–Crippen MR) is 78.3 cm³/mol. The van der Waals surface area contributed by atoms with Gasteiger partial charge in [0.1, 0.15) is 11.5 Å². The highest BCUT2D eigenvalue weighted by Crippen LogP contribution is 2.27. The zero-order valence-electron chi connectivity index (χ0n) is 11.6. The smallest absolute Gasteiger partial charge is 0.231 e. The van der Waals surface area contributed by atoms with E-state index in [1.807, 2.05) is 0 Å². The van der Waals surface area contributed by atoms with Crippen LogP contribution in [0, 0.1) is 5.41 Å². The molecule has 0 radical (unpaired) electrons. The number of rotatable bonds is 5. The van der Waals surface area contributed by atoms with Crippen LogP contribution in [0.15, 0.2) is 18.2 Å². The molecular weight excluding hydrogens is 268 g/mol. The minimum Gasteiger partial charge on any atom is -0.497 e. The molecule has 0 aliphatic heterocycles. The van der Waals surface area contributed by atoms with E-state index in [1.165, 1.54) is 0 Å². The number of ether oxygens (including phenoxy) is 2. The maximum absolute atomic E-state index is 12.0. The van der Waals surface area contributed by atoms with Gasteiger partial charge in [-0.3, -0.25) is 4.79 Å². The fraction of sp³-hybridized carbons (Fsp3) is 0.462. The number of amides is 1. The van der Waals surface area contributed by atoms with Crippen LogP contribution in [0.2, 0.25) is 0 Å². The highest BCUT2D eigenvalue weighted by atomic mass is 35.5. The zero-order chi connectivity index (χ0) is 13.8. The first-order valence-electron chi connectivity index (χ1n) is 5.67. The molecule has 0 saturated carbocycles. The van der Waals surface area contributed by atoms with Crippen molar-refractivity contribution in [3.8, 4) is 11.5 Å². The van der Waals surface area contributed by atoms with E-state index in [9.17, 15) is 4.79 Å². The standard InChI is InChI=1S/C13H20N2O3.ClH/c1-13(2,8-14)12(16)15-9-5-10(17-3)7-11(6-9)18-4;/h5-7H,8,14H2,1-4H3,(H,15,16);1H. The maximum Gasteiger partial charge on any atom is 0.231 e. The van der Waals surface area contributed by atoms with Crippen molar-refractivity contribution in [2.24, 2.45) is 11.1 Å². The maximum atomic E-state index is 12.0. The number of hydrogen-bond donors (Lipinski definition) is 2. The van der Waals surface area contributed by atoms with Crippen LogP contribution in [-0.2, 0) is 4.79 Å². The van der Waals surface area contributed by atoms with E-state index in [1.54, 1.807) is 46.3 Å². The van der Waals surface area contributed by atoms with Crippen LogP contribution in [0.3, 0.4) is 0 Å². The van der Waals surface area contributed by atoms with Crippen LogP contribution < -0.4 is 20.5 Å². The largest absolute Gasteiger partial charge is 0.497 e. The lowest BCUT2D eigenvalue weighted by molar-refractivity contribution is -0.123. The molecular formula is C13H21ClN2O3. The number of nitrogens with one attached hydrogen (secondary N) is 1. The molecule has 19 heavy (non-hydrogen) atoms. The monoisotopic (exact) mass is 288 g/mol. The van der Waals surface area contributed by atoms with E-state index in [0.29, 0.717) is 17.2 Å². The second-order valence-electron chi connectivity index (χ2n) is 4.64. The summed E-state index contributed by atoms with van der Waals surface area (Å²) in [5.41, 5.74) is 5.57. The Hall–Kier alpha value is -1.46. The number of hydrogen-bond acceptors (Lipinski definition) is 4. The van der Waals surface area contributed by atoms with E-state index >= 15 is 0 Å². The Morgan fingerprint density at radius 1 is 1.21 bits per heavy atom. The molecule has 5 nitrogen and oxygen atoms in total. The van der Waals surface area contributed by atoms with E-state index in [-0.39, 0.29) is 24.9 Å². The van der Waals surface area contributed by atoms with Crippen molar-refractivity contribution in [3.05, 3.63) is 18.2 Å². The third kappa shape index (κ3) is 4.61. The Morgan fingerprint density at radius 3 is 2.05 bits per heavy atom. The summed E-state index contributed by atoms with van der Waals surface area (Å²) in [5.74, 6) is 1.10. The first-order valence-corrected chi connectivity index (χ1v) is 5.67. The van der Waals surface area contributed by atoms with Gasteiger partial charge in [-0.1, -0.05) is 0 Å². The van der Waals surface area contributed by atoms with Gasteiger partial charge in [-0.2, -0.15) is 0 Å². The molecule has 0 saturated heterocycles. The van der Waals surface area contributed by atoms with Gasteiger partial charge in [0, 0.05) is 30.4 Å². The van der Waals surface area contributed by atoms with Gasteiger partial charge in [-0.15, -0.1) is 12.4 Å². The number of anilines is 1. The van der Waals surface area contributed by atoms with Gasteiger partial charge in [0.2, 0.25) is 5.91 Å². The molecule has 1 amide bonds. The highest BCUT2D eigenvalue weighted by Gasteiger charge is 2.25. The van der Waals surface area contributed by atoms with Gasteiger partial charge in [0.25, 0.3) is 0 Å². The van der Waals surface area contributed by atoms with Gasteiger partial charge in [0.15, 0.2) is 0 Å². The van der Waals surface area contributed by atoms with Crippen LogP contribution in [0.4, 0.5) is 5.69 Å².